The molecule has 4 heteroatoms. The maximum absolute atomic E-state index is 6.27. The van der Waals surface area contributed by atoms with Gasteiger partial charge in [0.25, 0.3) is 0 Å². The standard InChI is InChI=1S/C11H16BrNS.ClH/c12-9-6-10(14-7-9)11(13)8-4-2-1-3-5-8;/h6-8,11H,1-5,13H2;1H/t11-;/m1./s1. The highest BCUT2D eigenvalue weighted by Gasteiger charge is 2.22. The minimum absolute atomic E-state index is 0. The third-order valence-electron chi connectivity index (χ3n) is 3.07. The van der Waals surface area contributed by atoms with Gasteiger partial charge in [-0.2, -0.15) is 0 Å². The van der Waals surface area contributed by atoms with Crippen molar-refractivity contribution in [2.75, 3.05) is 0 Å². The Morgan fingerprint density at radius 1 is 1.33 bits per heavy atom. The minimum atomic E-state index is 0. The molecule has 0 saturated heterocycles. The highest BCUT2D eigenvalue weighted by molar-refractivity contribution is 9.10. The van der Waals surface area contributed by atoms with E-state index in [0.717, 1.165) is 0 Å². The fraction of sp³-hybridized carbons (Fsp3) is 0.636. The van der Waals surface area contributed by atoms with Gasteiger partial charge in [-0.05, 0) is 40.8 Å². The average Bonchev–Trinajstić information content (AvgIpc) is 2.65. The molecule has 0 aliphatic heterocycles. The Bertz CT molecular complexity index is 297. The average molecular weight is 311 g/mol. The van der Waals surface area contributed by atoms with Gasteiger partial charge in [0.2, 0.25) is 0 Å². The fourth-order valence-electron chi connectivity index (χ4n) is 2.23. The van der Waals surface area contributed by atoms with Crippen molar-refractivity contribution in [3.8, 4) is 0 Å². The molecule has 1 fully saturated rings. The van der Waals surface area contributed by atoms with Gasteiger partial charge in [-0.25, -0.2) is 0 Å². The zero-order valence-corrected chi connectivity index (χ0v) is 11.8. The van der Waals surface area contributed by atoms with Crippen LogP contribution in [0.15, 0.2) is 15.9 Å². The Balaban J connectivity index is 0.00000112. The Morgan fingerprint density at radius 2 is 2.00 bits per heavy atom. The number of nitrogens with two attached hydrogens (primary N) is 1. The van der Waals surface area contributed by atoms with Gasteiger partial charge in [0.1, 0.15) is 0 Å². The molecule has 0 amide bonds. The van der Waals surface area contributed by atoms with Gasteiger partial charge in [-0.15, -0.1) is 23.7 Å². The lowest BCUT2D eigenvalue weighted by Crippen LogP contribution is -2.22. The first-order chi connectivity index (χ1) is 6.77. The highest BCUT2D eigenvalue weighted by Crippen LogP contribution is 2.35. The van der Waals surface area contributed by atoms with E-state index >= 15 is 0 Å². The van der Waals surface area contributed by atoms with E-state index in [2.05, 4.69) is 27.4 Å². The lowest BCUT2D eigenvalue weighted by atomic mass is 9.84. The largest absolute Gasteiger partial charge is 0.323 e. The van der Waals surface area contributed by atoms with Crippen LogP contribution in [-0.2, 0) is 0 Å². The van der Waals surface area contributed by atoms with E-state index in [4.69, 9.17) is 5.73 Å². The van der Waals surface area contributed by atoms with E-state index in [1.54, 1.807) is 11.3 Å². The predicted octanol–water partition coefficient (Wildman–Crippen LogP) is 4.51. The van der Waals surface area contributed by atoms with Crippen LogP contribution in [0, 0.1) is 5.92 Å². The Morgan fingerprint density at radius 3 is 2.53 bits per heavy atom. The number of thiophene rings is 1. The lowest BCUT2D eigenvalue weighted by Gasteiger charge is -2.26. The first-order valence-electron chi connectivity index (χ1n) is 5.27. The molecular weight excluding hydrogens is 294 g/mol. The van der Waals surface area contributed by atoms with E-state index in [9.17, 15) is 0 Å². The maximum Gasteiger partial charge on any atom is 0.0418 e. The molecule has 0 unspecified atom stereocenters. The van der Waals surface area contributed by atoms with Crippen molar-refractivity contribution in [3.63, 3.8) is 0 Å². The zero-order chi connectivity index (χ0) is 9.97. The van der Waals surface area contributed by atoms with Crippen molar-refractivity contribution in [1.82, 2.24) is 0 Å². The van der Waals surface area contributed by atoms with Crippen LogP contribution < -0.4 is 5.73 Å². The molecule has 1 nitrogen and oxygen atoms in total. The molecule has 1 aliphatic carbocycles. The van der Waals surface area contributed by atoms with Crippen LogP contribution in [0.25, 0.3) is 0 Å². The highest BCUT2D eigenvalue weighted by atomic mass is 79.9. The van der Waals surface area contributed by atoms with E-state index in [-0.39, 0.29) is 18.4 Å². The molecular formula is C11H17BrClNS. The van der Waals surface area contributed by atoms with Crippen LogP contribution in [0.3, 0.4) is 0 Å². The molecule has 1 heterocycles. The number of halogens is 2. The number of hydrogen-bond donors (Lipinski definition) is 1. The van der Waals surface area contributed by atoms with E-state index < -0.39 is 0 Å². The van der Waals surface area contributed by atoms with E-state index in [1.807, 2.05) is 0 Å². The van der Waals surface area contributed by atoms with Crippen LogP contribution in [-0.4, -0.2) is 0 Å². The molecule has 1 saturated carbocycles. The van der Waals surface area contributed by atoms with Gasteiger partial charge in [0, 0.05) is 20.8 Å². The molecule has 0 aromatic carbocycles. The van der Waals surface area contributed by atoms with Gasteiger partial charge < -0.3 is 5.73 Å². The summed E-state index contributed by atoms with van der Waals surface area (Å²) in [6, 6.07) is 2.44. The molecule has 1 atom stereocenters. The summed E-state index contributed by atoms with van der Waals surface area (Å²) in [6.07, 6.45) is 6.76. The van der Waals surface area contributed by atoms with Crippen LogP contribution in [0.1, 0.15) is 43.0 Å². The molecule has 1 aromatic rings. The van der Waals surface area contributed by atoms with E-state index in [1.165, 1.54) is 41.5 Å². The summed E-state index contributed by atoms with van der Waals surface area (Å²) < 4.78 is 1.17. The van der Waals surface area contributed by atoms with Gasteiger partial charge >= 0.3 is 0 Å². The monoisotopic (exact) mass is 309 g/mol. The van der Waals surface area contributed by atoms with Crippen molar-refractivity contribution in [2.45, 2.75) is 38.1 Å². The summed E-state index contributed by atoms with van der Waals surface area (Å²) in [6.45, 7) is 0. The minimum Gasteiger partial charge on any atom is -0.323 e. The second-order valence-electron chi connectivity index (χ2n) is 4.09. The number of hydrogen-bond acceptors (Lipinski definition) is 2. The quantitative estimate of drug-likeness (QED) is 0.854. The van der Waals surface area contributed by atoms with Gasteiger partial charge in [0.05, 0.1) is 0 Å². The smallest absolute Gasteiger partial charge is 0.0418 e. The van der Waals surface area contributed by atoms with E-state index in [0.29, 0.717) is 5.92 Å². The summed E-state index contributed by atoms with van der Waals surface area (Å²) in [5.41, 5.74) is 6.27. The zero-order valence-electron chi connectivity index (χ0n) is 8.62. The van der Waals surface area contributed by atoms with Gasteiger partial charge in [-0.3, -0.25) is 0 Å². The maximum atomic E-state index is 6.27. The topological polar surface area (TPSA) is 26.0 Å². The summed E-state index contributed by atoms with van der Waals surface area (Å²) >= 11 is 5.26. The van der Waals surface area contributed by atoms with Crippen molar-refractivity contribution in [2.24, 2.45) is 11.7 Å². The fourth-order valence-corrected chi connectivity index (χ4v) is 3.77. The van der Waals surface area contributed by atoms with Crippen LogP contribution >= 0.6 is 39.7 Å². The third-order valence-corrected chi connectivity index (χ3v) is 4.87. The van der Waals surface area contributed by atoms with Crippen LogP contribution in [0.2, 0.25) is 0 Å². The summed E-state index contributed by atoms with van der Waals surface area (Å²) in [4.78, 5) is 1.34. The summed E-state index contributed by atoms with van der Waals surface area (Å²) in [5, 5.41) is 2.12. The molecule has 0 spiro atoms. The predicted molar refractivity (Wildman–Crippen MR) is 72.8 cm³/mol. The Kier molecular flexibility index (Phi) is 5.61. The third kappa shape index (κ3) is 3.45. The first-order valence-corrected chi connectivity index (χ1v) is 6.94. The molecule has 86 valence electrons. The molecule has 2 N–H and O–H groups in total. The van der Waals surface area contributed by atoms with Crippen molar-refractivity contribution < 1.29 is 0 Å². The molecule has 2 rings (SSSR count). The molecule has 0 bridgehead atoms. The van der Waals surface area contributed by atoms with Crippen molar-refractivity contribution in [1.29, 1.82) is 0 Å². The van der Waals surface area contributed by atoms with Gasteiger partial charge in [0.15, 0.2) is 0 Å². The molecule has 1 aromatic heterocycles. The summed E-state index contributed by atoms with van der Waals surface area (Å²) in [7, 11) is 0. The van der Waals surface area contributed by atoms with Crippen LogP contribution in [0.5, 0.6) is 0 Å². The molecule has 15 heavy (non-hydrogen) atoms. The lowest BCUT2D eigenvalue weighted by molar-refractivity contribution is 0.310. The second-order valence-corrected chi connectivity index (χ2v) is 5.95. The number of rotatable bonds is 2. The Labute approximate surface area is 110 Å². The second kappa shape index (κ2) is 6.24. The van der Waals surface area contributed by atoms with Crippen LogP contribution in [0.4, 0.5) is 0 Å². The van der Waals surface area contributed by atoms with Crippen molar-refractivity contribution in [3.05, 3.63) is 20.8 Å². The van der Waals surface area contributed by atoms with Crippen molar-refractivity contribution >= 4 is 39.7 Å². The Hall–Kier alpha value is 0.430. The normalized spacial score (nSPS) is 19.6. The molecule has 0 radical (unpaired) electrons. The summed E-state index contributed by atoms with van der Waals surface area (Å²) in [5.74, 6) is 0.717. The SMILES string of the molecule is Cl.N[C@@H](c1cc(Br)cs1)C1CCCCC1. The first kappa shape index (κ1) is 13.5. The molecule has 1 aliphatic rings. The van der Waals surface area contributed by atoms with Gasteiger partial charge in [-0.1, -0.05) is 19.3 Å².